The number of nitrogens with one attached hydrogen (secondary N) is 2. The van der Waals surface area contributed by atoms with Crippen molar-refractivity contribution in [2.45, 2.75) is 155 Å². The quantitative estimate of drug-likeness (QED) is 0.114. The minimum absolute atomic E-state index is 0.170. The number of carboxylic acids is 1. The number of carbonyl (C=O) groups is 3. The van der Waals surface area contributed by atoms with Crippen molar-refractivity contribution in [2.75, 3.05) is 13.1 Å². The van der Waals surface area contributed by atoms with E-state index in [2.05, 4.69) is 17.6 Å². The molecule has 0 aromatic heterocycles. The van der Waals surface area contributed by atoms with E-state index in [1.165, 1.54) is 77.0 Å². The fourth-order valence-electron chi connectivity index (χ4n) is 5.40. The first-order chi connectivity index (χ1) is 18.0. The van der Waals surface area contributed by atoms with Crippen LogP contribution in [-0.2, 0) is 14.4 Å². The third-order valence-corrected chi connectivity index (χ3v) is 7.90. The highest BCUT2D eigenvalue weighted by Gasteiger charge is 2.26. The fourth-order valence-corrected chi connectivity index (χ4v) is 5.40. The lowest BCUT2D eigenvalue weighted by atomic mass is 9.81. The van der Waals surface area contributed by atoms with Crippen LogP contribution in [0.2, 0.25) is 0 Å². The van der Waals surface area contributed by atoms with E-state index in [0.29, 0.717) is 18.8 Å². The molecule has 0 aliphatic heterocycles. The molecule has 1 rings (SSSR count). The van der Waals surface area contributed by atoms with E-state index in [1.807, 2.05) is 0 Å². The summed E-state index contributed by atoms with van der Waals surface area (Å²) in [5, 5.41) is 14.8. The van der Waals surface area contributed by atoms with Crippen LogP contribution >= 0.6 is 0 Å². The van der Waals surface area contributed by atoms with Gasteiger partial charge in [0.05, 0.1) is 0 Å². The molecule has 6 heteroatoms. The molecule has 216 valence electrons. The Morgan fingerprint density at radius 3 is 1.49 bits per heavy atom. The molecule has 1 aliphatic carbocycles. The molecule has 0 aromatic carbocycles. The average Bonchev–Trinajstić information content (AvgIpc) is 2.90. The van der Waals surface area contributed by atoms with Gasteiger partial charge in [-0.15, -0.1) is 0 Å². The lowest BCUT2D eigenvalue weighted by Crippen LogP contribution is -2.36. The molecule has 0 aromatic rings. The molecule has 1 saturated carbocycles. The topological polar surface area (TPSA) is 95.5 Å². The molecule has 0 radical (unpaired) electrons. The van der Waals surface area contributed by atoms with Crippen LogP contribution < -0.4 is 10.6 Å². The molecule has 6 nitrogen and oxygen atoms in total. The summed E-state index contributed by atoms with van der Waals surface area (Å²) in [4.78, 5) is 34.7. The third kappa shape index (κ3) is 20.1. The number of hydrogen-bond donors (Lipinski definition) is 3. The van der Waals surface area contributed by atoms with E-state index in [1.54, 1.807) is 0 Å². The van der Waals surface area contributed by atoms with Crippen molar-refractivity contribution in [1.29, 1.82) is 0 Å². The maximum absolute atomic E-state index is 12.2. The van der Waals surface area contributed by atoms with Gasteiger partial charge in [-0.3, -0.25) is 14.4 Å². The van der Waals surface area contributed by atoms with Gasteiger partial charge in [-0.2, -0.15) is 0 Å². The van der Waals surface area contributed by atoms with E-state index >= 15 is 0 Å². The van der Waals surface area contributed by atoms with Crippen molar-refractivity contribution < 1.29 is 19.5 Å². The zero-order valence-corrected chi connectivity index (χ0v) is 24.0. The average molecular weight is 523 g/mol. The van der Waals surface area contributed by atoms with Crippen molar-refractivity contribution in [1.82, 2.24) is 10.6 Å². The van der Waals surface area contributed by atoms with Crippen LogP contribution in [-0.4, -0.2) is 36.0 Å². The molecule has 2 amide bonds. The SMILES string of the molecule is CCCNC(=O)C1CCC(CNC(=O)CCCCCCCCCCCCCCCCCCC(=O)O)CC1. The molecular weight excluding hydrogens is 464 g/mol. The van der Waals surface area contributed by atoms with Crippen molar-refractivity contribution in [2.24, 2.45) is 11.8 Å². The Bertz CT molecular complexity index is 588. The van der Waals surface area contributed by atoms with Gasteiger partial charge in [0.2, 0.25) is 11.8 Å². The van der Waals surface area contributed by atoms with Gasteiger partial charge in [-0.05, 0) is 50.9 Å². The monoisotopic (exact) mass is 522 g/mol. The van der Waals surface area contributed by atoms with Gasteiger partial charge >= 0.3 is 5.97 Å². The molecule has 0 saturated heterocycles. The second-order valence-electron chi connectivity index (χ2n) is 11.4. The number of carboxylic acid groups (broad SMARTS) is 1. The molecule has 37 heavy (non-hydrogen) atoms. The van der Waals surface area contributed by atoms with E-state index < -0.39 is 5.97 Å². The molecule has 0 unspecified atom stereocenters. The summed E-state index contributed by atoms with van der Waals surface area (Å²) in [6, 6.07) is 0. The first-order valence-electron chi connectivity index (χ1n) is 15.8. The van der Waals surface area contributed by atoms with E-state index in [9.17, 15) is 14.4 Å². The van der Waals surface area contributed by atoms with Crippen LogP contribution in [0.4, 0.5) is 0 Å². The number of unbranched alkanes of at least 4 members (excludes halogenated alkanes) is 15. The predicted octanol–water partition coefficient (Wildman–Crippen LogP) is 7.54. The van der Waals surface area contributed by atoms with E-state index in [0.717, 1.165) is 70.9 Å². The number of carbonyl (C=O) groups excluding carboxylic acids is 2. The molecule has 0 heterocycles. The van der Waals surface area contributed by atoms with Crippen LogP contribution in [0.1, 0.15) is 155 Å². The number of rotatable bonds is 24. The second kappa shape index (κ2) is 23.5. The van der Waals surface area contributed by atoms with Gasteiger partial charge in [0.15, 0.2) is 0 Å². The summed E-state index contributed by atoms with van der Waals surface area (Å²) in [6.45, 7) is 3.63. The number of aliphatic carboxylic acids is 1. The Hall–Kier alpha value is -1.59. The largest absolute Gasteiger partial charge is 0.481 e. The van der Waals surface area contributed by atoms with Gasteiger partial charge < -0.3 is 15.7 Å². The van der Waals surface area contributed by atoms with Crippen LogP contribution in [0, 0.1) is 11.8 Å². The molecule has 0 bridgehead atoms. The zero-order chi connectivity index (χ0) is 27.0. The predicted molar refractivity (Wildman–Crippen MR) is 153 cm³/mol. The summed E-state index contributed by atoms with van der Waals surface area (Å²) in [5.74, 6) is 0.442. The first kappa shape index (κ1) is 33.4. The first-order valence-corrected chi connectivity index (χ1v) is 15.8. The van der Waals surface area contributed by atoms with Gasteiger partial charge in [-0.1, -0.05) is 96.8 Å². The standard InChI is InChI=1S/C31H58N2O4/c1-2-25-32-31(37)28-23-21-27(22-24-28)26-33-29(34)19-17-15-13-11-9-7-5-3-4-6-8-10-12-14-16-18-20-30(35)36/h27-28H,2-26H2,1H3,(H,32,37)(H,33,34)(H,35,36). The second-order valence-corrected chi connectivity index (χ2v) is 11.4. The van der Waals surface area contributed by atoms with Crippen molar-refractivity contribution in [3.05, 3.63) is 0 Å². The number of hydrogen-bond acceptors (Lipinski definition) is 3. The van der Waals surface area contributed by atoms with Gasteiger partial charge in [0.1, 0.15) is 0 Å². The molecule has 1 aliphatic rings. The minimum Gasteiger partial charge on any atom is -0.481 e. The van der Waals surface area contributed by atoms with Crippen LogP contribution in [0.15, 0.2) is 0 Å². The fraction of sp³-hybridized carbons (Fsp3) is 0.903. The Labute approximate surface area is 227 Å². The van der Waals surface area contributed by atoms with Gasteiger partial charge in [0, 0.05) is 31.8 Å². The summed E-state index contributed by atoms with van der Waals surface area (Å²) in [5.41, 5.74) is 0. The van der Waals surface area contributed by atoms with Crippen LogP contribution in [0.3, 0.4) is 0 Å². The normalized spacial score (nSPS) is 17.4. The Kier molecular flexibility index (Phi) is 21.3. The lowest BCUT2D eigenvalue weighted by Gasteiger charge is -2.27. The molecule has 1 fully saturated rings. The summed E-state index contributed by atoms with van der Waals surface area (Å²) < 4.78 is 0. The Balaban J connectivity index is 1.80. The maximum Gasteiger partial charge on any atom is 0.303 e. The number of amides is 2. The zero-order valence-electron chi connectivity index (χ0n) is 24.0. The molecule has 0 atom stereocenters. The van der Waals surface area contributed by atoms with Gasteiger partial charge in [-0.25, -0.2) is 0 Å². The Morgan fingerprint density at radius 2 is 1.05 bits per heavy atom. The summed E-state index contributed by atoms with van der Waals surface area (Å²) in [6.07, 6.45) is 25.6. The van der Waals surface area contributed by atoms with E-state index in [4.69, 9.17) is 5.11 Å². The highest BCUT2D eigenvalue weighted by atomic mass is 16.4. The van der Waals surface area contributed by atoms with Gasteiger partial charge in [0.25, 0.3) is 0 Å². The van der Waals surface area contributed by atoms with Crippen molar-refractivity contribution >= 4 is 17.8 Å². The minimum atomic E-state index is -0.670. The van der Waals surface area contributed by atoms with Crippen molar-refractivity contribution in [3.63, 3.8) is 0 Å². The Morgan fingerprint density at radius 1 is 0.622 bits per heavy atom. The third-order valence-electron chi connectivity index (χ3n) is 7.90. The highest BCUT2D eigenvalue weighted by molar-refractivity contribution is 5.78. The maximum atomic E-state index is 12.2. The molecular formula is C31H58N2O4. The highest BCUT2D eigenvalue weighted by Crippen LogP contribution is 2.28. The van der Waals surface area contributed by atoms with Crippen LogP contribution in [0.5, 0.6) is 0 Å². The summed E-state index contributed by atoms with van der Waals surface area (Å²) >= 11 is 0. The lowest BCUT2D eigenvalue weighted by molar-refractivity contribution is -0.137. The summed E-state index contributed by atoms with van der Waals surface area (Å²) in [7, 11) is 0. The van der Waals surface area contributed by atoms with Crippen LogP contribution in [0.25, 0.3) is 0 Å². The van der Waals surface area contributed by atoms with E-state index in [-0.39, 0.29) is 17.7 Å². The molecule has 3 N–H and O–H groups in total. The van der Waals surface area contributed by atoms with Crippen molar-refractivity contribution in [3.8, 4) is 0 Å². The smallest absolute Gasteiger partial charge is 0.303 e. The molecule has 0 spiro atoms.